The van der Waals surface area contributed by atoms with E-state index >= 15 is 0 Å². The van der Waals surface area contributed by atoms with Crippen LogP contribution in [0.3, 0.4) is 0 Å². The van der Waals surface area contributed by atoms with Crippen LogP contribution in [0.25, 0.3) is 5.57 Å². The minimum absolute atomic E-state index is 0.271. The van der Waals surface area contributed by atoms with Gasteiger partial charge in [0.1, 0.15) is 0 Å². The molecule has 3 aromatic rings. The number of nitrogens with zero attached hydrogens (tertiary/aromatic N) is 1. The lowest BCUT2D eigenvalue weighted by atomic mass is 9.92. The van der Waals surface area contributed by atoms with E-state index in [0.717, 1.165) is 27.8 Å². The maximum Gasteiger partial charge on any atom is 0.243 e. The van der Waals surface area contributed by atoms with Gasteiger partial charge >= 0.3 is 0 Å². The first kappa shape index (κ1) is 22.8. The van der Waals surface area contributed by atoms with Crippen LogP contribution in [0.1, 0.15) is 23.1 Å². The molecule has 4 rings (SSSR count). The van der Waals surface area contributed by atoms with E-state index in [0.29, 0.717) is 27.9 Å². The molecule has 1 heterocycles. The number of hydrogen-bond donors (Lipinski definition) is 0. The van der Waals surface area contributed by atoms with Crippen molar-refractivity contribution in [2.75, 3.05) is 13.1 Å². The molecule has 0 saturated heterocycles. The second-order valence-electron chi connectivity index (χ2n) is 7.76. The molecule has 0 aromatic heterocycles. The van der Waals surface area contributed by atoms with Crippen LogP contribution in [0.4, 0.5) is 0 Å². The summed E-state index contributed by atoms with van der Waals surface area (Å²) in [6.45, 7) is 2.63. The van der Waals surface area contributed by atoms with Crippen molar-refractivity contribution in [2.24, 2.45) is 0 Å². The predicted molar refractivity (Wildman–Crippen MR) is 133 cm³/mol. The predicted octanol–water partition coefficient (Wildman–Crippen LogP) is 6.75. The summed E-state index contributed by atoms with van der Waals surface area (Å²) in [5, 5.41) is 1.29. The molecule has 3 nitrogen and oxygen atoms in total. The van der Waals surface area contributed by atoms with Gasteiger partial charge in [-0.05, 0) is 72.0 Å². The fourth-order valence-electron chi connectivity index (χ4n) is 3.76. The van der Waals surface area contributed by atoms with Crippen LogP contribution in [0.15, 0.2) is 95.4 Å². The Kier molecular flexibility index (Phi) is 6.87. The first-order chi connectivity index (χ1) is 15.3. The molecule has 164 valence electrons. The number of halogens is 2. The zero-order valence-electron chi connectivity index (χ0n) is 17.6. The Morgan fingerprint density at radius 3 is 1.88 bits per heavy atom. The Hall–Kier alpha value is -2.37. The maximum absolute atomic E-state index is 13.4. The summed E-state index contributed by atoms with van der Waals surface area (Å²) < 4.78 is 28.4. The molecule has 32 heavy (non-hydrogen) atoms. The average Bonchev–Trinajstić information content (AvgIpc) is 3.04. The van der Waals surface area contributed by atoms with Crippen LogP contribution in [-0.4, -0.2) is 25.8 Å². The van der Waals surface area contributed by atoms with Crippen LogP contribution in [0, 0.1) is 6.92 Å². The summed E-state index contributed by atoms with van der Waals surface area (Å²) in [6, 6.07) is 22.2. The van der Waals surface area contributed by atoms with E-state index in [9.17, 15) is 8.42 Å². The van der Waals surface area contributed by atoms with Crippen molar-refractivity contribution in [3.63, 3.8) is 0 Å². The third kappa shape index (κ3) is 5.00. The van der Waals surface area contributed by atoms with Crippen molar-refractivity contribution < 1.29 is 8.42 Å². The normalized spacial score (nSPS) is 14.9. The highest BCUT2D eigenvalue weighted by molar-refractivity contribution is 7.89. The molecule has 0 fully saturated rings. The lowest BCUT2D eigenvalue weighted by Gasteiger charge is -2.23. The molecule has 0 atom stereocenters. The molecule has 6 heteroatoms. The van der Waals surface area contributed by atoms with Gasteiger partial charge in [0.25, 0.3) is 0 Å². The zero-order valence-corrected chi connectivity index (χ0v) is 20.0. The monoisotopic (exact) mass is 483 g/mol. The van der Waals surface area contributed by atoms with Crippen LogP contribution >= 0.6 is 23.2 Å². The highest BCUT2D eigenvalue weighted by Crippen LogP contribution is 2.32. The first-order valence-electron chi connectivity index (χ1n) is 10.3. The molecule has 0 radical (unpaired) electrons. The van der Waals surface area contributed by atoms with Gasteiger partial charge in [-0.1, -0.05) is 77.3 Å². The molecule has 0 N–H and O–H groups in total. The van der Waals surface area contributed by atoms with E-state index in [2.05, 4.69) is 0 Å². The lowest BCUT2D eigenvalue weighted by molar-refractivity contribution is 0.447. The van der Waals surface area contributed by atoms with Gasteiger partial charge in [-0.2, -0.15) is 4.31 Å². The van der Waals surface area contributed by atoms with Gasteiger partial charge in [0, 0.05) is 23.1 Å². The molecule has 0 unspecified atom stereocenters. The SMILES string of the molecule is Cc1ccc(S(=O)(=O)N2CCC=CC(=C(c3ccc(Cl)cc3)c3ccc(Cl)cc3)C2)cc1. The number of benzene rings is 3. The van der Waals surface area contributed by atoms with Crippen LogP contribution in [0.5, 0.6) is 0 Å². The van der Waals surface area contributed by atoms with Crippen molar-refractivity contribution in [1.82, 2.24) is 4.31 Å². The van der Waals surface area contributed by atoms with E-state index in [-0.39, 0.29) is 6.54 Å². The van der Waals surface area contributed by atoms with Gasteiger partial charge < -0.3 is 0 Å². The summed E-state index contributed by atoms with van der Waals surface area (Å²) in [7, 11) is -3.63. The smallest absolute Gasteiger partial charge is 0.207 e. The van der Waals surface area contributed by atoms with Crippen molar-refractivity contribution in [2.45, 2.75) is 18.2 Å². The molecule has 0 spiro atoms. The molecular weight excluding hydrogens is 461 g/mol. The molecule has 1 aliphatic heterocycles. The first-order valence-corrected chi connectivity index (χ1v) is 12.5. The Morgan fingerprint density at radius 1 is 0.812 bits per heavy atom. The van der Waals surface area contributed by atoms with Crippen molar-refractivity contribution in [1.29, 1.82) is 0 Å². The standard InChI is InChI=1S/C26H23Cl2NO2S/c1-19-5-15-25(16-6-19)32(30,31)29-17-3-2-4-22(18-29)26(20-7-11-23(27)12-8-20)21-9-13-24(28)14-10-21/h2,4-16H,3,17-18H2,1H3. The number of sulfonamides is 1. The summed E-state index contributed by atoms with van der Waals surface area (Å²) in [5.74, 6) is 0. The van der Waals surface area contributed by atoms with E-state index in [4.69, 9.17) is 23.2 Å². The lowest BCUT2D eigenvalue weighted by Crippen LogP contribution is -2.33. The second-order valence-corrected chi connectivity index (χ2v) is 10.6. The van der Waals surface area contributed by atoms with Gasteiger partial charge in [0.2, 0.25) is 10.0 Å². The number of rotatable bonds is 4. The van der Waals surface area contributed by atoms with E-state index in [1.807, 2.05) is 79.7 Å². The number of hydrogen-bond acceptors (Lipinski definition) is 2. The van der Waals surface area contributed by atoms with Gasteiger partial charge in [-0.15, -0.1) is 0 Å². The minimum atomic E-state index is -3.63. The van der Waals surface area contributed by atoms with E-state index in [1.54, 1.807) is 16.4 Å². The Balaban J connectivity index is 1.82. The topological polar surface area (TPSA) is 37.4 Å². The molecule has 1 aliphatic rings. The van der Waals surface area contributed by atoms with Gasteiger partial charge in [0.15, 0.2) is 0 Å². The van der Waals surface area contributed by atoms with Gasteiger partial charge in [0.05, 0.1) is 4.90 Å². The Morgan fingerprint density at radius 2 is 1.34 bits per heavy atom. The maximum atomic E-state index is 13.4. The highest BCUT2D eigenvalue weighted by atomic mass is 35.5. The summed E-state index contributed by atoms with van der Waals surface area (Å²) in [6.07, 6.45) is 4.71. The minimum Gasteiger partial charge on any atom is -0.207 e. The van der Waals surface area contributed by atoms with Crippen LogP contribution < -0.4 is 0 Å². The van der Waals surface area contributed by atoms with Crippen molar-refractivity contribution in [3.05, 3.63) is 117 Å². The fraction of sp³-hybridized carbons (Fsp3) is 0.154. The molecule has 3 aromatic carbocycles. The van der Waals surface area contributed by atoms with Gasteiger partial charge in [-0.3, -0.25) is 0 Å². The quantitative estimate of drug-likeness (QED) is 0.411. The average molecular weight is 484 g/mol. The third-order valence-corrected chi connectivity index (χ3v) is 7.82. The second kappa shape index (κ2) is 9.63. The van der Waals surface area contributed by atoms with Crippen molar-refractivity contribution in [3.8, 4) is 0 Å². The van der Waals surface area contributed by atoms with Crippen molar-refractivity contribution >= 4 is 38.8 Å². The molecule has 0 aliphatic carbocycles. The van der Waals surface area contributed by atoms with Crippen LogP contribution in [0.2, 0.25) is 10.0 Å². The highest BCUT2D eigenvalue weighted by Gasteiger charge is 2.27. The Bertz CT molecular complexity index is 1210. The zero-order chi connectivity index (χ0) is 22.7. The summed E-state index contributed by atoms with van der Waals surface area (Å²) >= 11 is 12.2. The molecule has 0 saturated carbocycles. The van der Waals surface area contributed by atoms with E-state index < -0.39 is 10.0 Å². The van der Waals surface area contributed by atoms with Gasteiger partial charge in [-0.25, -0.2) is 8.42 Å². The fourth-order valence-corrected chi connectivity index (χ4v) is 5.45. The summed E-state index contributed by atoms with van der Waals surface area (Å²) in [4.78, 5) is 0.309. The van der Waals surface area contributed by atoms with Crippen LogP contribution in [-0.2, 0) is 10.0 Å². The molecule has 0 amide bonds. The largest absolute Gasteiger partial charge is 0.243 e. The molecular formula is C26H23Cl2NO2S. The third-order valence-electron chi connectivity index (χ3n) is 5.46. The summed E-state index contributed by atoms with van der Waals surface area (Å²) in [5.41, 5.74) is 4.83. The number of aryl methyl sites for hydroxylation is 1. The Labute approximate surface area is 199 Å². The van der Waals surface area contributed by atoms with E-state index in [1.165, 1.54) is 0 Å². The molecule has 0 bridgehead atoms.